The first-order valence-corrected chi connectivity index (χ1v) is 9.84. The number of allylic oxidation sites excluding steroid dienone is 1. The van der Waals surface area contributed by atoms with E-state index in [0.29, 0.717) is 13.3 Å². The molecule has 0 aliphatic rings. The van der Waals surface area contributed by atoms with E-state index in [1.807, 2.05) is 48.6 Å². The molecule has 2 aromatic carbocycles. The Bertz CT molecular complexity index is 826. The number of rotatable bonds is 13. The van der Waals surface area contributed by atoms with E-state index in [2.05, 4.69) is 59.7 Å². The van der Waals surface area contributed by atoms with Gasteiger partial charge in [0.1, 0.15) is 12.4 Å². The molecule has 2 aromatic rings. The molecule has 0 aromatic heterocycles. The number of nitrogens with zero attached hydrogens (tertiary/aromatic N) is 2. The van der Waals surface area contributed by atoms with E-state index >= 15 is 0 Å². The van der Waals surface area contributed by atoms with Gasteiger partial charge in [-0.1, -0.05) is 42.5 Å². The van der Waals surface area contributed by atoms with Crippen LogP contribution >= 0.6 is 0 Å². The highest BCUT2D eigenvalue weighted by Crippen LogP contribution is 2.15. The lowest BCUT2D eigenvalue weighted by atomic mass is 10.2. The Kier molecular flexibility index (Phi) is 10.0. The Labute approximate surface area is 174 Å². The molecule has 0 unspecified atom stereocenters. The van der Waals surface area contributed by atoms with Gasteiger partial charge < -0.3 is 10.1 Å². The largest absolute Gasteiger partial charge is 0.493 e. The van der Waals surface area contributed by atoms with Gasteiger partial charge in [-0.3, -0.25) is 9.89 Å². The summed E-state index contributed by atoms with van der Waals surface area (Å²) in [7, 11) is 2.08. The molecule has 0 atom stereocenters. The summed E-state index contributed by atoms with van der Waals surface area (Å²) in [5.41, 5.74) is 3.41. The highest BCUT2D eigenvalue weighted by atomic mass is 16.5. The molecular formula is C25H31N3O. The Morgan fingerprint density at radius 2 is 1.97 bits per heavy atom. The molecule has 152 valence electrons. The first-order chi connectivity index (χ1) is 14.2. The standard InChI is InChI=1S/C25H31N3O/c1-4-6-17-29-25-14-8-10-22(19-25)12-9-15-26-21-27-24-13-7-11-23(18-24)20-28(3)16-5-2/h4-5,7-15,18-19,27H,1-2,6,16-17,20-21H2,3H3/b12-9+,26-15?. The number of hydrogen-bond acceptors (Lipinski definition) is 4. The van der Waals surface area contributed by atoms with Crippen LogP contribution in [-0.2, 0) is 6.54 Å². The molecule has 0 fully saturated rings. The molecule has 0 radical (unpaired) electrons. The number of benzene rings is 2. The zero-order chi connectivity index (χ0) is 20.7. The molecule has 0 spiro atoms. The molecule has 1 N–H and O–H groups in total. The maximum Gasteiger partial charge on any atom is 0.119 e. The average Bonchev–Trinajstić information content (AvgIpc) is 2.71. The fraction of sp³-hybridized carbons (Fsp3) is 0.240. The van der Waals surface area contributed by atoms with Gasteiger partial charge in [-0.25, -0.2) is 0 Å². The number of aliphatic imine (C=N–C) groups is 1. The van der Waals surface area contributed by atoms with Gasteiger partial charge in [0.05, 0.1) is 6.61 Å². The van der Waals surface area contributed by atoms with Crippen molar-refractivity contribution in [1.82, 2.24) is 4.90 Å². The number of ether oxygens (including phenoxy) is 1. The lowest BCUT2D eigenvalue weighted by Crippen LogP contribution is -2.17. The molecule has 0 aliphatic carbocycles. The van der Waals surface area contributed by atoms with Gasteiger partial charge in [-0.05, 0) is 54.9 Å². The lowest BCUT2D eigenvalue weighted by molar-refractivity contribution is 0.325. The summed E-state index contributed by atoms with van der Waals surface area (Å²) in [6, 6.07) is 16.4. The molecule has 0 saturated heterocycles. The molecule has 0 aliphatic heterocycles. The van der Waals surface area contributed by atoms with Crippen LogP contribution in [0.25, 0.3) is 6.08 Å². The normalized spacial score (nSPS) is 11.2. The first kappa shape index (κ1) is 22.2. The smallest absolute Gasteiger partial charge is 0.119 e. The van der Waals surface area contributed by atoms with Crippen LogP contribution in [-0.4, -0.2) is 38.0 Å². The third-order valence-electron chi connectivity index (χ3n) is 4.12. The van der Waals surface area contributed by atoms with Crippen LogP contribution in [0.2, 0.25) is 0 Å². The Hall–Kier alpha value is -3.11. The predicted octanol–water partition coefficient (Wildman–Crippen LogP) is 5.41. The Morgan fingerprint density at radius 1 is 1.10 bits per heavy atom. The van der Waals surface area contributed by atoms with Crippen LogP contribution in [0.1, 0.15) is 17.5 Å². The van der Waals surface area contributed by atoms with E-state index in [0.717, 1.165) is 36.5 Å². The van der Waals surface area contributed by atoms with Crippen LogP contribution in [0.4, 0.5) is 5.69 Å². The van der Waals surface area contributed by atoms with Gasteiger partial charge in [-0.2, -0.15) is 0 Å². The molecule has 0 bridgehead atoms. The molecule has 4 heteroatoms. The maximum absolute atomic E-state index is 5.67. The summed E-state index contributed by atoms with van der Waals surface area (Å²) in [6.07, 6.45) is 10.4. The average molecular weight is 390 g/mol. The molecule has 29 heavy (non-hydrogen) atoms. The molecule has 4 nitrogen and oxygen atoms in total. The molecule has 0 heterocycles. The van der Waals surface area contributed by atoms with Gasteiger partial charge in [0.15, 0.2) is 0 Å². The Morgan fingerprint density at radius 3 is 2.79 bits per heavy atom. The second kappa shape index (κ2) is 13.1. The van der Waals surface area contributed by atoms with Crippen LogP contribution in [0.5, 0.6) is 5.75 Å². The van der Waals surface area contributed by atoms with Crippen molar-refractivity contribution < 1.29 is 4.74 Å². The minimum Gasteiger partial charge on any atom is -0.493 e. The minimum absolute atomic E-state index is 0.529. The first-order valence-electron chi connectivity index (χ1n) is 9.84. The van der Waals surface area contributed by atoms with Crippen molar-refractivity contribution in [1.29, 1.82) is 0 Å². The third kappa shape index (κ3) is 9.08. The van der Waals surface area contributed by atoms with Crippen molar-refractivity contribution >= 4 is 18.0 Å². The maximum atomic E-state index is 5.67. The van der Waals surface area contributed by atoms with Crippen molar-refractivity contribution in [3.05, 3.63) is 91.0 Å². The summed E-state index contributed by atoms with van der Waals surface area (Å²) in [4.78, 5) is 6.61. The zero-order valence-electron chi connectivity index (χ0n) is 17.3. The van der Waals surface area contributed by atoms with E-state index in [1.54, 1.807) is 6.21 Å². The van der Waals surface area contributed by atoms with Gasteiger partial charge in [-0.15, -0.1) is 13.2 Å². The summed E-state index contributed by atoms with van der Waals surface area (Å²) in [5, 5.41) is 3.33. The van der Waals surface area contributed by atoms with Crippen LogP contribution in [0.3, 0.4) is 0 Å². The van der Waals surface area contributed by atoms with Crippen molar-refractivity contribution in [2.75, 3.05) is 32.2 Å². The van der Waals surface area contributed by atoms with Crippen LogP contribution in [0.15, 0.2) is 84.9 Å². The van der Waals surface area contributed by atoms with Gasteiger partial charge in [0.2, 0.25) is 0 Å². The van der Waals surface area contributed by atoms with Crippen molar-refractivity contribution in [2.24, 2.45) is 4.99 Å². The van der Waals surface area contributed by atoms with E-state index in [1.165, 1.54) is 5.56 Å². The van der Waals surface area contributed by atoms with Crippen LogP contribution in [0, 0.1) is 0 Å². The van der Waals surface area contributed by atoms with Gasteiger partial charge in [0, 0.05) is 25.0 Å². The summed E-state index contributed by atoms with van der Waals surface area (Å²) < 4.78 is 5.67. The SMILES string of the molecule is C=CCCOc1cccc(/C=C/C=NCNc2cccc(CN(C)CC=C)c2)c1. The van der Waals surface area contributed by atoms with Crippen molar-refractivity contribution in [2.45, 2.75) is 13.0 Å². The van der Waals surface area contributed by atoms with Gasteiger partial charge >= 0.3 is 0 Å². The number of likely N-dealkylation sites (N-methyl/N-ethyl adjacent to an activating group) is 1. The quantitative estimate of drug-likeness (QED) is 0.283. The lowest BCUT2D eigenvalue weighted by Gasteiger charge is -2.15. The summed E-state index contributed by atoms with van der Waals surface area (Å²) in [6.45, 7) is 10.4. The Balaban J connectivity index is 1.78. The summed E-state index contributed by atoms with van der Waals surface area (Å²) in [5.74, 6) is 0.867. The monoisotopic (exact) mass is 389 g/mol. The zero-order valence-corrected chi connectivity index (χ0v) is 17.3. The third-order valence-corrected chi connectivity index (χ3v) is 4.12. The molecule has 0 saturated carbocycles. The predicted molar refractivity (Wildman–Crippen MR) is 126 cm³/mol. The summed E-state index contributed by atoms with van der Waals surface area (Å²) >= 11 is 0. The second-order valence-corrected chi connectivity index (χ2v) is 6.71. The number of nitrogens with one attached hydrogen (secondary N) is 1. The second-order valence-electron chi connectivity index (χ2n) is 6.71. The van der Waals surface area contributed by atoms with Crippen LogP contribution < -0.4 is 10.1 Å². The van der Waals surface area contributed by atoms with Gasteiger partial charge in [0.25, 0.3) is 0 Å². The topological polar surface area (TPSA) is 36.9 Å². The number of hydrogen-bond donors (Lipinski definition) is 1. The van der Waals surface area contributed by atoms with Crippen molar-refractivity contribution in [3.8, 4) is 5.75 Å². The molecular weight excluding hydrogens is 358 g/mol. The molecule has 2 rings (SSSR count). The van der Waals surface area contributed by atoms with E-state index in [4.69, 9.17) is 4.74 Å². The fourth-order valence-electron chi connectivity index (χ4n) is 2.75. The highest BCUT2D eigenvalue weighted by molar-refractivity contribution is 5.78. The number of anilines is 1. The minimum atomic E-state index is 0.529. The fourth-order valence-corrected chi connectivity index (χ4v) is 2.75. The molecule has 0 amide bonds. The van der Waals surface area contributed by atoms with E-state index < -0.39 is 0 Å². The van der Waals surface area contributed by atoms with Crippen molar-refractivity contribution in [3.63, 3.8) is 0 Å². The highest BCUT2D eigenvalue weighted by Gasteiger charge is 1.99. The van der Waals surface area contributed by atoms with E-state index in [9.17, 15) is 0 Å². The van der Waals surface area contributed by atoms with E-state index in [-0.39, 0.29) is 0 Å².